The van der Waals surface area contributed by atoms with Crippen molar-refractivity contribution in [2.75, 3.05) is 11.1 Å². The second-order valence-electron chi connectivity index (χ2n) is 8.83. The van der Waals surface area contributed by atoms with Gasteiger partial charge in [-0.25, -0.2) is 15.0 Å². The molecular formula is C26H32BrN5O. The quantitative estimate of drug-likeness (QED) is 0.199. The monoisotopic (exact) mass is 509 g/mol. The molecule has 7 heteroatoms. The summed E-state index contributed by atoms with van der Waals surface area (Å²) >= 11 is 3.50. The lowest BCUT2D eigenvalue weighted by Gasteiger charge is -2.15. The molecule has 4 rings (SSSR count). The number of unbranched alkanes of at least 4 members (excludes halogenated alkanes) is 5. The van der Waals surface area contributed by atoms with Crippen LogP contribution in [0, 0.1) is 20.8 Å². The van der Waals surface area contributed by atoms with Crippen LogP contribution in [0.4, 0.5) is 5.82 Å². The van der Waals surface area contributed by atoms with E-state index in [1.54, 1.807) is 6.07 Å². The summed E-state index contributed by atoms with van der Waals surface area (Å²) in [5.41, 5.74) is 12.8. The van der Waals surface area contributed by atoms with Crippen LogP contribution in [0.1, 0.15) is 60.9 Å². The Bertz CT molecular complexity index is 1300. The fourth-order valence-electron chi connectivity index (χ4n) is 4.66. The Morgan fingerprint density at radius 2 is 1.70 bits per heavy atom. The Labute approximate surface area is 203 Å². The predicted molar refractivity (Wildman–Crippen MR) is 140 cm³/mol. The zero-order valence-corrected chi connectivity index (χ0v) is 21.2. The molecule has 0 aliphatic rings. The van der Waals surface area contributed by atoms with E-state index in [1.807, 2.05) is 24.5 Å². The second kappa shape index (κ2) is 10.1. The first-order valence-corrected chi connectivity index (χ1v) is 12.8. The van der Waals surface area contributed by atoms with Gasteiger partial charge in [0.2, 0.25) is 0 Å². The van der Waals surface area contributed by atoms with Crippen molar-refractivity contribution in [2.24, 2.45) is 0 Å². The molecule has 3 aromatic heterocycles. The number of aryl methyl sites for hydroxylation is 3. The Hall–Kier alpha value is -2.67. The minimum Gasteiger partial charge on any atom is -0.508 e. The van der Waals surface area contributed by atoms with Gasteiger partial charge in [-0.2, -0.15) is 0 Å². The Balaban J connectivity index is 1.78. The molecule has 4 aromatic rings. The third-order valence-corrected chi connectivity index (χ3v) is 7.07. The molecule has 0 radical (unpaired) electrons. The molecule has 0 bridgehead atoms. The summed E-state index contributed by atoms with van der Waals surface area (Å²) < 4.78 is 2.02. The standard InChI is InChI=1S/C26H32BrN5O/c1-16-11-12-21(33)17(2)23(16)32-25-20(22-24(28)29-15-30-26(22)32)14-19(18(3)31-25)10-8-6-4-5-7-9-13-27/h11-12,14-15,33H,4-10,13H2,1-3H3,(H2,28,29,30). The SMILES string of the molecule is Cc1ccc(O)c(C)c1-n1c2nc(C)c(CCCCCCCCBr)cc2c2c(N)ncnc21. The molecule has 3 N–H and O–H groups in total. The number of hydrogen-bond acceptors (Lipinski definition) is 5. The van der Waals surface area contributed by atoms with Crippen molar-refractivity contribution in [3.05, 3.63) is 46.9 Å². The number of phenolic OH excluding ortho intramolecular Hbond substituents is 1. The molecule has 0 saturated heterocycles. The molecule has 6 nitrogen and oxygen atoms in total. The van der Waals surface area contributed by atoms with Crippen LogP contribution in [0.15, 0.2) is 24.5 Å². The zero-order chi connectivity index (χ0) is 23.5. The maximum atomic E-state index is 10.4. The number of phenols is 1. The molecule has 0 aliphatic heterocycles. The molecular weight excluding hydrogens is 478 g/mol. The number of rotatable bonds is 9. The number of pyridine rings is 1. The molecule has 1 aromatic carbocycles. The number of halogens is 1. The normalized spacial score (nSPS) is 11.6. The van der Waals surface area contributed by atoms with E-state index in [-0.39, 0.29) is 5.75 Å². The Morgan fingerprint density at radius 1 is 0.970 bits per heavy atom. The molecule has 0 amide bonds. The highest BCUT2D eigenvalue weighted by Crippen LogP contribution is 2.37. The highest BCUT2D eigenvalue weighted by molar-refractivity contribution is 9.09. The lowest BCUT2D eigenvalue weighted by Crippen LogP contribution is -2.04. The van der Waals surface area contributed by atoms with Crippen LogP contribution in [0.5, 0.6) is 5.75 Å². The van der Waals surface area contributed by atoms with Gasteiger partial charge in [0.1, 0.15) is 23.5 Å². The van der Waals surface area contributed by atoms with Gasteiger partial charge in [-0.15, -0.1) is 0 Å². The number of nitrogens with zero attached hydrogens (tertiary/aromatic N) is 4. The molecule has 0 spiro atoms. The van der Waals surface area contributed by atoms with Crippen molar-refractivity contribution < 1.29 is 5.11 Å². The van der Waals surface area contributed by atoms with Gasteiger partial charge in [-0.1, -0.05) is 47.7 Å². The Morgan fingerprint density at radius 3 is 2.45 bits per heavy atom. The first kappa shape index (κ1) is 23.5. The molecule has 174 valence electrons. The summed E-state index contributed by atoms with van der Waals surface area (Å²) in [4.78, 5) is 13.9. The van der Waals surface area contributed by atoms with Crippen molar-refractivity contribution in [3.8, 4) is 11.4 Å². The number of alkyl halides is 1. The average molecular weight is 510 g/mol. The highest BCUT2D eigenvalue weighted by atomic mass is 79.9. The number of benzene rings is 1. The van der Waals surface area contributed by atoms with Crippen molar-refractivity contribution in [2.45, 2.75) is 65.7 Å². The van der Waals surface area contributed by atoms with E-state index < -0.39 is 0 Å². The first-order chi connectivity index (χ1) is 15.9. The van der Waals surface area contributed by atoms with Gasteiger partial charge in [-0.05, 0) is 63.3 Å². The van der Waals surface area contributed by atoms with Crippen LogP contribution in [-0.2, 0) is 6.42 Å². The van der Waals surface area contributed by atoms with E-state index in [0.29, 0.717) is 11.5 Å². The number of aromatic hydroxyl groups is 1. The topological polar surface area (TPSA) is 89.8 Å². The van der Waals surface area contributed by atoms with Crippen LogP contribution < -0.4 is 5.73 Å². The van der Waals surface area contributed by atoms with Crippen LogP contribution in [0.25, 0.3) is 27.8 Å². The van der Waals surface area contributed by atoms with Crippen molar-refractivity contribution >= 4 is 43.8 Å². The zero-order valence-electron chi connectivity index (χ0n) is 19.7. The number of hydrogen-bond donors (Lipinski definition) is 2. The molecule has 0 saturated carbocycles. The van der Waals surface area contributed by atoms with Gasteiger partial charge < -0.3 is 10.8 Å². The van der Waals surface area contributed by atoms with E-state index in [4.69, 9.17) is 10.7 Å². The molecule has 0 unspecified atom stereocenters. The third-order valence-electron chi connectivity index (χ3n) is 6.50. The number of nitrogen functional groups attached to an aromatic ring is 1. The van der Waals surface area contributed by atoms with Gasteiger partial charge in [0.15, 0.2) is 5.65 Å². The fourth-order valence-corrected chi connectivity index (χ4v) is 5.05. The number of nitrogens with two attached hydrogens (primary N) is 1. The van der Waals surface area contributed by atoms with Crippen LogP contribution in [0.2, 0.25) is 0 Å². The minimum atomic E-state index is 0.247. The lowest BCUT2D eigenvalue weighted by atomic mass is 10.0. The lowest BCUT2D eigenvalue weighted by molar-refractivity contribution is 0.470. The van der Waals surface area contributed by atoms with E-state index in [1.165, 1.54) is 44.0 Å². The van der Waals surface area contributed by atoms with E-state index in [0.717, 1.165) is 57.1 Å². The van der Waals surface area contributed by atoms with Crippen LogP contribution in [-0.4, -0.2) is 30.0 Å². The minimum absolute atomic E-state index is 0.247. The summed E-state index contributed by atoms with van der Waals surface area (Å²) in [5, 5.41) is 13.3. The predicted octanol–water partition coefficient (Wildman–Crippen LogP) is 6.46. The molecule has 0 atom stereocenters. The van der Waals surface area contributed by atoms with Gasteiger partial charge in [0.05, 0.1) is 11.1 Å². The van der Waals surface area contributed by atoms with Crippen molar-refractivity contribution in [3.63, 3.8) is 0 Å². The van der Waals surface area contributed by atoms with E-state index >= 15 is 0 Å². The summed E-state index contributed by atoms with van der Waals surface area (Å²) in [5.74, 6) is 0.694. The molecule has 0 aliphatic carbocycles. The molecule has 33 heavy (non-hydrogen) atoms. The fraction of sp³-hybridized carbons (Fsp3) is 0.423. The van der Waals surface area contributed by atoms with Gasteiger partial charge in [0.25, 0.3) is 0 Å². The average Bonchev–Trinajstić information content (AvgIpc) is 3.10. The van der Waals surface area contributed by atoms with Gasteiger partial charge >= 0.3 is 0 Å². The second-order valence-corrected chi connectivity index (χ2v) is 9.63. The summed E-state index contributed by atoms with van der Waals surface area (Å²) in [6, 6.07) is 5.86. The summed E-state index contributed by atoms with van der Waals surface area (Å²) in [7, 11) is 0. The van der Waals surface area contributed by atoms with Crippen molar-refractivity contribution in [1.82, 2.24) is 19.5 Å². The van der Waals surface area contributed by atoms with Gasteiger partial charge in [-0.3, -0.25) is 4.57 Å². The molecule has 0 fully saturated rings. The van der Waals surface area contributed by atoms with E-state index in [2.05, 4.69) is 38.9 Å². The number of anilines is 1. The maximum absolute atomic E-state index is 10.4. The largest absolute Gasteiger partial charge is 0.508 e. The Kier molecular flexibility index (Phi) is 7.17. The van der Waals surface area contributed by atoms with Crippen LogP contribution in [0.3, 0.4) is 0 Å². The third kappa shape index (κ3) is 4.56. The summed E-state index contributed by atoms with van der Waals surface area (Å²) in [6.45, 7) is 6.02. The summed E-state index contributed by atoms with van der Waals surface area (Å²) in [6.07, 6.45) is 9.99. The van der Waals surface area contributed by atoms with Gasteiger partial charge in [0, 0.05) is 22.0 Å². The van der Waals surface area contributed by atoms with Crippen LogP contribution >= 0.6 is 15.9 Å². The smallest absolute Gasteiger partial charge is 0.152 e. The first-order valence-electron chi connectivity index (χ1n) is 11.7. The highest BCUT2D eigenvalue weighted by Gasteiger charge is 2.21. The van der Waals surface area contributed by atoms with Crippen molar-refractivity contribution in [1.29, 1.82) is 0 Å². The number of aromatic nitrogens is 4. The molecule has 3 heterocycles. The maximum Gasteiger partial charge on any atom is 0.152 e. The van der Waals surface area contributed by atoms with E-state index in [9.17, 15) is 5.11 Å². The number of fused-ring (bicyclic) bond motifs is 3.